The summed E-state index contributed by atoms with van der Waals surface area (Å²) in [5.74, 6) is -0.872. The van der Waals surface area contributed by atoms with E-state index in [-0.39, 0.29) is 6.42 Å². The molecule has 0 aliphatic rings. The molecule has 0 heterocycles. The van der Waals surface area contributed by atoms with Crippen LogP contribution in [0.25, 0.3) is 0 Å². The highest BCUT2D eigenvalue weighted by Crippen LogP contribution is 2.00. The molecule has 96 valence electrons. The topological polar surface area (TPSA) is 55.4 Å². The van der Waals surface area contributed by atoms with Gasteiger partial charge < -0.3 is 4.84 Å². The molecular formula is C14H17NO3. The zero-order valence-corrected chi connectivity index (χ0v) is 10.6. The fraction of sp³-hybridized carbons (Fsp3) is 0.286. The predicted octanol–water partition coefficient (Wildman–Crippen LogP) is 2.62. The maximum absolute atomic E-state index is 11.5. The van der Waals surface area contributed by atoms with Gasteiger partial charge in [-0.3, -0.25) is 4.79 Å². The Morgan fingerprint density at radius 1 is 1.22 bits per heavy atom. The first kappa shape index (κ1) is 14.0. The van der Waals surface area contributed by atoms with Gasteiger partial charge in [0.2, 0.25) is 0 Å². The molecule has 0 saturated heterocycles. The molecule has 0 atom stereocenters. The first-order valence-electron chi connectivity index (χ1n) is 5.78. The Labute approximate surface area is 107 Å². The molecule has 0 aromatic heterocycles. The Kier molecular flexibility index (Phi) is 5.64. The van der Waals surface area contributed by atoms with E-state index in [2.05, 4.69) is 10.3 Å². The molecule has 1 amide bonds. The van der Waals surface area contributed by atoms with Gasteiger partial charge in [-0.25, -0.2) is 4.79 Å². The van der Waals surface area contributed by atoms with Gasteiger partial charge in [-0.2, -0.15) is 5.48 Å². The van der Waals surface area contributed by atoms with Crippen molar-refractivity contribution < 1.29 is 14.4 Å². The number of hydrogen-bond acceptors (Lipinski definition) is 3. The van der Waals surface area contributed by atoms with Crippen molar-refractivity contribution in [1.29, 1.82) is 0 Å². The third-order valence-corrected chi connectivity index (χ3v) is 2.19. The van der Waals surface area contributed by atoms with E-state index < -0.39 is 11.9 Å². The first-order valence-corrected chi connectivity index (χ1v) is 5.78. The summed E-state index contributed by atoms with van der Waals surface area (Å²) in [6.45, 7) is 3.92. The van der Waals surface area contributed by atoms with Gasteiger partial charge in [0, 0.05) is 5.56 Å². The van der Waals surface area contributed by atoms with Crippen LogP contribution in [0.3, 0.4) is 0 Å². The molecule has 4 nitrogen and oxygen atoms in total. The highest BCUT2D eigenvalue weighted by Gasteiger charge is 2.07. The van der Waals surface area contributed by atoms with Gasteiger partial charge in [0.15, 0.2) is 0 Å². The number of hydroxylamine groups is 1. The number of hydrogen-bond donors (Lipinski definition) is 1. The number of allylic oxidation sites excluding steroid dienone is 2. The van der Waals surface area contributed by atoms with Crippen molar-refractivity contribution in [3.63, 3.8) is 0 Å². The van der Waals surface area contributed by atoms with E-state index in [1.807, 2.05) is 26.0 Å². The van der Waals surface area contributed by atoms with Gasteiger partial charge in [0.05, 0.1) is 6.42 Å². The zero-order chi connectivity index (χ0) is 13.4. The third kappa shape index (κ3) is 5.30. The summed E-state index contributed by atoms with van der Waals surface area (Å²) in [5, 5.41) is 0. The van der Waals surface area contributed by atoms with E-state index in [1.54, 1.807) is 24.3 Å². The summed E-state index contributed by atoms with van der Waals surface area (Å²) in [7, 11) is 0. The van der Waals surface area contributed by atoms with Crippen LogP contribution >= 0.6 is 0 Å². The maximum atomic E-state index is 11.5. The molecule has 0 aliphatic carbocycles. The number of amides is 1. The minimum atomic E-state index is -0.447. The highest BCUT2D eigenvalue weighted by atomic mass is 16.7. The van der Waals surface area contributed by atoms with Crippen LogP contribution in [0.5, 0.6) is 0 Å². The molecule has 1 rings (SSSR count). The average molecular weight is 247 g/mol. The minimum Gasteiger partial charge on any atom is -0.341 e. The Bertz CT molecular complexity index is 434. The van der Waals surface area contributed by atoms with E-state index in [1.165, 1.54) is 0 Å². The van der Waals surface area contributed by atoms with Crippen LogP contribution in [-0.2, 0) is 9.63 Å². The Balaban J connectivity index is 2.31. The number of nitrogens with one attached hydrogen (secondary N) is 1. The fourth-order valence-electron chi connectivity index (χ4n) is 1.28. The van der Waals surface area contributed by atoms with Crippen molar-refractivity contribution in [2.45, 2.75) is 26.7 Å². The van der Waals surface area contributed by atoms with E-state index in [4.69, 9.17) is 0 Å². The van der Waals surface area contributed by atoms with E-state index >= 15 is 0 Å². The molecule has 0 unspecified atom stereocenters. The largest absolute Gasteiger partial charge is 0.341 e. The van der Waals surface area contributed by atoms with Crippen molar-refractivity contribution >= 4 is 11.9 Å². The molecule has 0 fully saturated rings. The van der Waals surface area contributed by atoms with Crippen LogP contribution in [0.1, 0.15) is 37.0 Å². The summed E-state index contributed by atoms with van der Waals surface area (Å²) in [4.78, 5) is 27.5. The van der Waals surface area contributed by atoms with Crippen LogP contribution < -0.4 is 5.48 Å². The van der Waals surface area contributed by atoms with Gasteiger partial charge in [0.25, 0.3) is 5.91 Å². The second kappa shape index (κ2) is 7.27. The maximum Gasteiger partial charge on any atom is 0.332 e. The van der Waals surface area contributed by atoms with E-state index in [0.717, 1.165) is 5.57 Å². The van der Waals surface area contributed by atoms with Gasteiger partial charge in [0.1, 0.15) is 0 Å². The quantitative estimate of drug-likeness (QED) is 0.657. The summed E-state index contributed by atoms with van der Waals surface area (Å²) < 4.78 is 0. The van der Waals surface area contributed by atoms with Crippen LogP contribution in [0.2, 0.25) is 0 Å². The number of carbonyl (C=O) groups is 2. The van der Waals surface area contributed by atoms with Crippen LogP contribution in [0, 0.1) is 0 Å². The summed E-state index contributed by atoms with van der Waals surface area (Å²) >= 11 is 0. The van der Waals surface area contributed by atoms with Crippen LogP contribution in [0.15, 0.2) is 42.0 Å². The van der Waals surface area contributed by atoms with Gasteiger partial charge in [-0.1, -0.05) is 29.8 Å². The highest BCUT2D eigenvalue weighted by molar-refractivity contribution is 5.94. The molecule has 1 aromatic carbocycles. The lowest BCUT2D eigenvalue weighted by Crippen LogP contribution is -2.26. The second-order valence-electron chi connectivity index (χ2n) is 4.09. The molecule has 1 aromatic rings. The van der Waals surface area contributed by atoms with Gasteiger partial charge in [-0.15, -0.1) is 0 Å². The van der Waals surface area contributed by atoms with E-state index in [9.17, 15) is 9.59 Å². The van der Waals surface area contributed by atoms with Crippen molar-refractivity contribution in [1.82, 2.24) is 5.48 Å². The molecule has 1 N–H and O–H groups in total. The lowest BCUT2D eigenvalue weighted by atomic mass is 10.2. The Morgan fingerprint density at radius 3 is 2.50 bits per heavy atom. The summed E-state index contributed by atoms with van der Waals surface area (Å²) in [6, 6.07) is 8.58. The number of rotatable bonds is 4. The fourth-order valence-corrected chi connectivity index (χ4v) is 1.28. The van der Waals surface area contributed by atoms with Crippen molar-refractivity contribution in [2.75, 3.05) is 0 Å². The smallest absolute Gasteiger partial charge is 0.332 e. The molecule has 0 spiro atoms. The Morgan fingerprint density at radius 2 is 1.89 bits per heavy atom. The molecule has 0 radical (unpaired) electrons. The first-order chi connectivity index (χ1) is 8.59. The SMILES string of the molecule is CC(C)=CCCC(=O)ONC(=O)c1ccccc1. The zero-order valence-electron chi connectivity index (χ0n) is 10.6. The van der Waals surface area contributed by atoms with Crippen molar-refractivity contribution in [3.05, 3.63) is 47.5 Å². The van der Waals surface area contributed by atoms with Crippen molar-refractivity contribution in [2.24, 2.45) is 0 Å². The van der Waals surface area contributed by atoms with Crippen molar-refractivity contribution in [3.8, 4) is 0 Å². The molecule has 0 aliphatic heterocycles. The molecule has 4 heteroatoms. The van der Waals surface area contributed by atoms with Crippen LogP contribution in [0.4, 0.5) is 0 Å². The monoisotopic (exact) mass is 247 g/mol. The van der Waals surface area contributed by atoms with Crippen LogP contribution in [-0.4, -0.2) is 11.9 Å². The van der Waals surface area contributed by atoms with Gasteiger partial charge >= 0.3 is 5.97 Å². The normalized spacial score (nSPS) is 9.44. The average Bonchev–Trinajstić information content (AvgIpc) is 2.36. The lowest BCUT2D eigenvalue weighted by Gasteiger charge is -2.04. The number of carbonyl (C=O) groups excluding carboxylic acids is 2. The lowest BCUT2D eigenvalue weighted by molar-refractivity contribution is -0.148. The minimum absolute atomic E-state index is 0.250. The third-order valence-electron chi connectivity index (χ3n) is 2.19. The molecule has 0 bridgehead atoms. The van der Waals surface area contributed by atoms with Gasteiger partial charge in [-0.05, 0) is 32.4 Å². The van der Waals surface area contributed by atoms with E-state index in [0.29, 0.717) is 12.0 Å². The Hall–Kier alpha value is -2.10. The molecule has 18 heavy (non-hydrogen) atoms. The number of benzene rings is 1. The summed E-state index contributed by atoms with van der Waals surface area (Å²) in [6.07, 6.45) is 2.81. The summed E-state index contributed by atoms with van der Waals surface area (Å²) in [5.41, 5.74) is 3.73. The predicted molar refractivity (Wildman–Crippen MR) is 68.7 cm³/mol. The standard InChI is InChI=1S/C14H17NO3/c1-11(2)7-6-10-13(16)18-15-14(17)12-8-4-3-5-9-12/h3-5,7-9H,6,10H2,1-2H3,(H,15,17). The molecular weight excluding hydrogens is 230 g/mol. The second-order valence-corrected chi connectivity index (χ2v) is 4.09. The molecule has 0 saturated carbocycles.